The van der Waals surface area contributed by atoms with Crippen LogP contribution in [0.4, 0.5) is 5.69 Å². The lowest BCUT2D eigenvalue weighted by Crippen LogP contribution is -2.23. The van der Waals surface area contributed by atoms with E-state index in [0.717, 1.165) is 48.1 Å². The number of hydrogen-bond acceptors (Lipinski definition) is 5. The number of aromatic amines is 1. The lowest BCUT2D eigenvalue weighted by atomic mass is 9.90. The third-order valence-corrected chi connectivity index (χ3v) is 5.96. The zero-order valence-corrected chi connectivity index (χ0v) is 18.6. The third kappa shape index (κ3) is 5.55. The van der Waals surface area contributed by atoms with Crippen LogP contribution in [0, 0.1) is 0 Å². The fourth-order valence-corrected chi connectivity index (χ4v) is 4.20. The predicted molar refractivity (Wildman–Crippen MR) is 126 cm³/mol. The lowest BCUT2D eigenvalue weighted by Gasteiger charge is -2.17. The Morgan fingerprint density at radius 1 is 1.03 bits per heavy atom. The standard InChI is InChI=1S/C26H27N3O4/c1-33-20-11-9-18(10-12-20)24(30)13-14-25(31)27-19-6-4-5-17(15-19)16-23-21-7-2-3-8-22(21)26(32)29-28-23/h4-6,9-12,15H,2-3,7-8,13-14,16H2,1H3,(H,27,31)(H,29,32). The molecule has 4 rings (SSSR count). The van der Waals surface area contributed by atoms with Gasteiger partial charge in [0.2, 0.25) is 5.91 Å². The summed E-state index contributed by atoms with van der Waals surface area (Å²) in [5.41, 5.74) is 4.95. The summed E-state index contributed by atoms with van der Waals surface area (Å²) in [6, 6.07) is 14.4. The number of carbonyl (C=O) groups excluding carboxylic acids is 2. The van der Waals surface area contributed by atoms with E-state index in [-0.39, 0.29) is 30.1 Å². The van der Waals surface area contributed by atoms with Crippen molar-refractivity contribution in [2.75, 3.05) is 12.4 Å². The largest absolute Gasteiger partial charge is 0.497 e. The van der Waals surface area contributed by atoms with E-state index in [2.05, 4.69) is 15.5 Å². The van der Waals surface area contributed by atoms with E-state index in [1.807, 2.05) is 24.3 Å². The first kappa shape index (κ1) is 22.5. The molecule has 7 nitrogen and oxygen atoms in total. The number of benzene rings is 2. The van der Waals surface area contributed by atoms with Gasteiger partial charge < -0.3 is 10.1 Å². The highest BCUT2D eigenvalue weighted by Gasteiger charge is 2.18. The number of fused-ring (bicyclic) bond motifs is 1. The van der Waals surface area contributed by atoms with E-state index in [1.54, 1.807) is 31.4 Å². The van der Waals surface area contributed by atoms with Crippen LogP contribution in [0.1, 0.15) is 58.4 Å². The smallest absolute Gasteiger partial charge is 0.267 e. The van der Waals surface area contributed by atoms with Crippen molar-refractivity contribution < 1.29 is 14.3 Å². The van der Waals surface area contributed by atoms with Gasteiger partial charge in [-0.3, -0.25) is 14.4 Å². The highest BCUT2D eigenvalue weighted by Crippen LogP contribution is 2.23. The number of ether oxygens (including phenoxy) is 1. The second-order valence-electron chi connectivity index (χ2n) is 8.24. The summed E-state index contributed by atoms with van der Waals surface area (Å²) < 4.78 is 5.10. The number of anilines is 1. The number of aromatic nitrogens is 2. The van der Waals surface area contributed by atoms with Crippen molar-refractivity contribution in [3.05, 3.63) is 86.8 Å². The summed E-state index contributed by atoms with van der Waals surface area (Å²) >= 11 is 0. The summed E-state index contributed by atoms with van der Waals surface area (Å²) in [5, 5.41) is 9.80. The molecule has 0 aliphatic heterocycles. The molecule has 33 heavy (non-hydrogen) atoms. The van der Waals surface area contributed by atoms with E-state index in [0.29, 0.717) is 23.4 Å². The number of carbonyl (C=O) groups is 2. The van der Waals surface area contributed by atoms with E-state index in [4.69, 9.17) is 4.74 Å². The number of rotatable bonds is 8. The maximum absolute atomic E-state index is 12.4. The molecule has 0 saturated carbocycles. The van der Waals surface area contributed by atoms with Gasteiger partial charge in [0.25, 0.3) is 5.56 Å². The predicted octanol–water partition coefficient (Wildman–Crippen LogP) is 3.85. The lowest BCUT2D eigenvalue weighted by molar-refractivity contribution is -0.116. The molecule has 1 heterocycles. The average molecular weight is 446 g/mol. The quantitative estimate of drug-likeness (QED) is 0.513. The first-order valence-electron chi connectivity index (χ1n) is 11.2. The molecule has 0 radical (unpaired) electrons. The first-order chi connectivity index (χ1) is 16.0. The molecule has 1 aliphatic carbocycles. The average Bonchev–Trinajstić information content (AvgIpc) is 2.85. The Balaban J connectivity index is 1.36. The molecule has 2 N–H and O–H groups in total. The zero-order chi connectivity index (χ0) is 23.2. The SMILES string of the molecule is COc1ccc(C(=O)CCC(=O)Nc2cccc(Cc3n[nH]c(=O)c4c3CCCC4)c2)cc1. The molecular formula is C26H27N3O4. The summed E-state index contributed by atoms with van der Waals surface area (Å²) in [7, 11) is 1.57. The number of Topliss-reactive ketones (excluding diaryl/α,β-unsaturated/α-hetero) is 1. The molecule has 0 unspecified atom stereocenters. The van der Waals surface area contributed by atoms with Crippen molar-refractivity contribution >= 4 is 17.4 Å². The molecule has 7 heteroatoms. The number of H-pyrrole nitrogens is 1. The van der Waals surface area contributed by atoms with Crippen molar-refractivity contribution in [1.29, 1.82) is 0 Å². The van der Waals surface area contributed by atoms with Gasteiger partial charge in [0.1, 0.15) is 5.75 Å². The zero-order valence-electron chi connectivity index (χ0n) is 18.6. The minimum atomic E-state index is -0.214. The van der Waals surface area contributed by atoms with Crippen LogP contribution in [0.5, 0.6) is 5.75 Å². The maximum atomic E-state index is 12.4. The van der Waals surface area contributed by atoms with Gasteiger partial charge in [-0.15, -0.1) is 0 Å². The molecule has 0 atom stereocenters. The topological polar surface area (TPSA) is 101 Å². The molecular weight excluding hydrogens is 418 g/mol. The highest BCUT2D eigenvalue weighted by atomic mass is 16.5. The molecule has 0 spiro atoms. The molecule has 2 aromatic carbocycles. The number of methoxy groups -OCH3 is 1. The molecule has 1 amide bonds. The molecule has 0 bridgehead atoms. The normalized spacial score (nSPS) is 12.6. The second kappa shape index (κ2) is 10.3. The van der Waals surface area contributed by atoms with E-state index in [9.17, 15) is 14.4 Å². The Morgan fingerprint density at radius 3 is 2.55 bits per heavy atom. The van der Waals surface area contributed by atoms with Gasteiger partial charge in [0, 0.05) is 36.1 Å². The van der Waals surface area contributed by atoms with Gasteiger partial charge in [-0.25, -0.2) is 5.10 Å². The van der Waals surface area contributed by atoms with Crippen LogP contribution in [0.2, 0.25) is 0 Å². The van der Waals surface area contributed by atoms with Gasteiger partial charge >= 0.3 is 0 Å². The van der Waals surface area contributed by atoms with Crippen molar-refractivity contribution in [3.8, 4) is 5.75 Å². The van der Waals surface area contributed by atoms with Gasteiger partial charge in [0.15, 0.2) is 5.78 Å². The number of nitrogens with one attached hydrogen (secondary N) is 2. The summed E-state index contributed by atoms with van der Waals surface area (Å²) in [5.74, 6) is 0.380. The number of ketones is 1. The summed E-state index contributed by atoms with van der Waals surface area (Å²) in [4.78, 5) is 36.8. The molecule has 3 aromatic rings. The maximum Gasteiger partial charge on any atom is 0.267 e. The van der Waals surface area contributed by atoms with E-state index >= 15 is 0 Å². The Hall–Kier alpha value is -3.74. The number of nitrogens with zero attached hydrogens (tertiary/aromatic N) is 1. The monoisotopic (exact) mass is 445 g/mol. The van der Waals surface area contributed by atoms with Gasteiger partial charge in [-0.05, 0) is 73.2 Å². The Kier molecular flexibility index (Phi) is 6.98. The van der Waals surface area contributed by atoms with Crippen LogP contribution < -0.4 is 15.6 Å². The summed E-state index contributed by atoms with van der Waals surface area (Å²) in [6.45, 7) is 0. The Morgan fingerprint density at radius 2 is 1.79 bits per heavy atom. The Bertz CT molecular complexity index is 1210. The van der Waals surface area contributed by atoms with Crippen LogP contribution in [0.15, 0.2) is 53.3 Å². The van der Waals surface area contributed by atoms with Crippen LogP contribution >= 0.6 is 0 Å². The summed E-state index contributed by atoms with van der Waals surface area (Å²) in [6.07, 6.45) is 4.58. The van der Waals surface area contributed by atoms with Crippen molar-refractivity contribution in [2.24, 2.45) is 0 Å². The van der Waals surface area contributed by atoms with Crippen LogP contribution in [-0.2, 0) is 24.1 Å². The first-order valence-corrected chi connectivity index (χ1v) is 11.2. The van der Waals surface area contributed by atoms with E-state index < -0.39 is 0 Å². The fourth-order valence-electron chi connectivity index (χ4n) is 4.20. The molecule has 1 aromatic heterocycles. The van der Waals surface area contributed by atoms with Gasteiger partial charge in [-0.2, -0.15) is 5.10 Å². The molecule has 1 aliphatic rings. The third-order valence-electron chi connectivity index (χ3n) is 5.96. The van der Waals surface area contributed by atoms with E-state index in [1.165, 1.54) is 0 Å². The van der Waals surface area contributed by atoms with Gasteiger partial charge in [0.05, 0.1) is 12.8 Å². The minimum Gasteiger partial charge on any atom is -0.497 e. The number of amides is 1. The van der Waals surface area contributed by atoms with Crippen LogP contribution in [0.25, 0.3) is 0 Å². The number of hydrogen-bond donors (Lipinski definition) is 2. The second-order valence-corrected chi connectivity index (χ2v) is 8.24. The highest BCUT2D eigenvalue weighted by molar-refractivity contribution is 6.00. The minimum absolute atomic E-state index is 0.0846. The fraction of sp³-hybridized carbons (Fsp3) is 0.308. The molecule has 170 valence electrons. The van der Waals surface area contributed by atoms with Crippen molar-refractivity contribution in [3.63, 3.8) is 0 Å². The van der Waals surface area contributed by atoms with Crippen LogP contribution in [-0.4, -0.2) is 29.0 Å². The van der Waals surface area contributed by atoms with Gasteiger partial charge in [-0.1, -0.05) is 12.1 Å². The molecule has 0 saturated heterocycles. The Labute approximate surface area is 192 Å². The van der Waals surface area contributed by atoms with Crippen molar-refractivity contribution in [1.82, 2.24) is 10.2 Å². The molecule has 0 fully saturated rings. The van der Waals surface area contributed by atoms with Crippen molar-refractivity contribution in [2.45, 2.75) is 44.9 Å². The van der Waals surface area contributed by atoms with Crippen LogP contribution in [0.3, 0.4) is 0 Å².